The molecule has 41 heavy (non-hydrogen) atoms. The molecule has 3 aliphatic heterocycles. The molecule has 0 radical (unpaired) electrons. The molecule has 4 fully saturated rings. The van der Waals surface area contributed by atoms with E-state index < -0.39 is 104 Å². The maximum atomic E-state index is 11.2. The number of aliphatic hydroxyl groups excluding tert-OH is 5. The van der Waals surface area contributed by atoms with Gasteiger partial charge in [-0.05, 0) is 25.7 Å². The van der Waals surface area contributed by atoms with Gasteiger partial charge in [0.05, 0.1) is 37.1 Å². The predicted octanol–water partition coefficient (Wildman–Crippen LogP) is -5.78. The third kappa shape index (κ3) is 6.73. The Morgan fingerprint density at radius 2 is 1.44 bits per heavy atom. The first kappa shape index (κ1) is 33.3. The Morgan fingerprint density at radius 1 is 0.780 bits per heavy atom. The van der Waals surface area contributed by atoms with Crippen molar-refractivity contribution in [2.75, 3.05) is 13.2 Å². The lowest BCUT2D eigenvalue weighted by Crippen LogP contribution is -2.67. The zero-order valence-electron chi connectivity index (χ0n) is 23.4. The molecule has 0 amide bonds. The zero-order chi connectivity index (χ0) is 30.2. The molecule has 0 spiro atoms. The summed E-state index contributed by atoms with van der Waals surface area (Å²) in [5.41, 5.74) is 37.2. The summed E-state index contributed by atoms with van der Waals surface area (Å²) in [4.78, 5) is 0. The summed E-state index contributed by atoms with van der Waals surface area (Å²) in [6, 6.07) is -3.08. The van der Waals surface area contributed by atoms with Crippen LogP contribution >= 0.6 is 0 Å². The highest BCUT2D eigenvalue weighted by atomic mass is 16.7. The molecule has 18 atom stereocenters. The van der Waals surface area contributed by atoms with Gasteiger partial charge in [-0.2, -0.15) is 0 Å². The highest BCUT2D eigenvalue weighted by molar-refractivity contribution is 5.05. The van der Waals surface area contributed by atoms with Crippen molar-refractivity contribution in [3.05, 3.63) is 0 Å². The van der Waals surface area contributed by atoms with Crippen LogP contribution in [0.2, 0.25) is 0 Å². The van der Waals surface area contributed by atoms with Crippen LogP contribution in [0.25, 0.3) is 0 Å². The second-order valence-corrected chi connectivity index (χ2v) is 11.8. The van der Waals surface area contributed by atoms with Crippen molar-refractivity contribution < 1.29 is 49.2 Å². The van der Waals surface area contributed by atoms with E-state index in [2.05, 4.69) is 0 Å². The second-order valence-electron chi connectivity index (χ2n) is 11.8. The molecule has 4 aliphatic rings. The van der Waals surface area contributed by atoms with Crippen LogP contribution in [0.4, 0.5) is 0 Å². The highest BCUT2D eigenvalue weighted by Gasteiger charge is 2.55. The fraction of sp³-hybridized carbons (Fsp3) is 1.00. The lowest BCUT2D eigenvalue weighted by molar-refractivity contribution is -0.280. The van der Waals surface area contributed by atoms with Gasteiger partial charge >= 0.3 is 0 Å². The van der Waals surface area contributed by atoms with E-state index in [4.69, 9.17) is 58.1 Å². The second kappa shape index (κ2) is 14.0. The molecule has 0 aromatic heterocycles. The molecule has 1 saturated carbocycles. The molecular formula is C25H50N6O10. The molecule has 16 heteroatoms. The lowest BCUT2D eigenvalue weighted by Gasteiger charge is -2.50. The minimum Gasteiger partial charge on any atom is -0.394 e. The van der Waals surface area contributed by atoms with E-state index in [9.17, 15) is 25.5 Å². The standard InChI is InChI=1S/C25H50N6O10/c1-2-8(27)12-4-3-9(28)21(37-12)15-10(29)5-11(30)17(33)23(15)41-25-20(36)22(14(7-32)39-25)40-24-16(31)19(35)18(34)13(6-26)38-24/h8-25,32-36H,2-7,26-31H2,1H3/t8-,9+,10-,11+,12-,13-,14+,15-,16+,17-,18+,19+,20+,21?,22+,23-,24+,25-/m0/s1. The average molecular weight is 595 g/mol. The maximum Gasteiger partial charge on any atom is 0.187 e. The summed E-state index contributed by atoms with van der Waals surface area (Å²) in [7, 11) is 0. The number of hydrogen-bond donors (Lipinski definition) is 11. The number of rotatable bonds is 9. The third-order valence-electron chi connectivity index (χ3n) is 9.09. The van der Waals surface area contributed by atoms with E-state index in [1.165, 1.54) is 0 Å². The van der Waals surface area contributed by atoms with Crippen molar-refractivity contribution in [3.63, 3.8) is 0 Å². The van der Waals surface area contributed by atoms with Crippen LogP contribution in [0.5, 0.6) is 0 Å². The number of ether oxygens (including phenoxy) is 5. The van der Waals surface area contributed by atoms with E-state index in [1.54, 1.807) is 0 Å². The van der Waals surface area contributed by atoms with Gasteiger partial charge in [0.2, 0.25) is 0 Å². The molecule has 1 aliphatic carbocycles. The normalized spacial score (nSPS) is 52.0. The van der Waals surface area contributed by atoms with Crippen molar-refractivity contribution in [1.29, 1.82) is 0 Å². The van der Waals surface area contributed by atoms with Gasteiger partial charge in [0, 0.05) is 36.6 Å². The van der Waals surface area contributed by atoms with Crippen molar-refractivity contribution in [2.45, 2.75) is 136 Å². The van der Waals surface area contributed by atoms with Gasteiger partial charge in [-0.15, -0.1) is 0 Å². The van der Waals surface area contributed by atoms with Gasteiger partial charge in [-0.1, -0.05) is 6.92 Å². The summed E-state index contributed by atoms with van der Waals surface area (Å²) < 4.78 is 29.9. The van der Waals surface area contributed by atoms with Gasteiger partial charge in [0.15, 0.2) is 12.6 Å². The minimum absolute atomic E-state index is 0.124. The SMILES string of the molecule is CC[C@H](N)[C@@H]1CC[C@@H](N)C([C@H]2[C@H](O[C@@H]3O[C@H](CO)[C@@H](O[C@H]4O[C@@H](CN)[C@@H](O)[C@H](O)[C@H]4N)[C@H]3O)[C@@H](O)[C@H](N)C[C@@H]2N)O1. The van der Waals surface area contributed by atoms with E-state index in [1.807, 2.05) is 6.92 Å². The Labute approximate surface area is 239 Å². The van der Waals surface area contributed by atoms with Gasteiger partial charge in [0.25, 0.3) is 0 Å². The minimum atomic E-state index is -1.49. The van der Waals surface area contributed by atoms with Crippen LogP contribution in [0.15, 0.2) is 0 Å². The van der Waals surface area contributed by atoms with Gasteiger partial charge in [0.1, 0.15) is 36.6 Å². The van der Waals surface area contributed by atoms with Crippen LogP contribution in [0.1, 0.15) is 32.6 Å². The summed E-state index contributed by atoms with van der Waals surface area (Å²) in [6.07, 6.45) is -11.0. The summed E-state index contributed by atoms with van der Waals surface area (Å²) >= 11 is 0. The molecule has 240 valence electrons. The van der Waals surface area contributed by atoms with E-state index >= 15 is 0 Å². The van der Waals surface area contributed by atoms with E-state index in [0.717, 1.165) is 0 Å². The number of aliphatic hydroxyl groups is 5. The van der Waals surface area contributed by atoms with Crippen molar-refractivity contribution in [1.82, 2.24) is 0 Å². The first-order valence-electron chi connectivity index (χ1n) is 14.5. The van der Waals surface area contributed by atoms with Crippen molar-refractivity contribution in [3.8, 4) is 0 Å². The molecule has 0 aromatic carbocycles. The first-order chi connectivity index (χ1) is 19.4. The van der Waals surface area contributed by atoms with Crippen LogP contribution in [0.3, 0.4) is 0 Å². The van der Waals surface area contributed by atoms with E-state index in [-0.39, 0.29) is 25.1 Å². The van der Waals surface area contributed by atoms with Crippen LogP contribution in [0, 0.1) is 5.92 Å². The molecule has 3 saturated heterocycles. The Bertz CT molecular complexity index is 836. The summed E-state index contributed by atoms with van der Waals surface area (Å²) in [6.45, 7) is 1.27. The molecular weight excluding hydrogens is 544 g/mol. The third-order valence-corrected chi connectivity index (χ3v) is 9.09. The molecule has 1 unspecified atom stereocenters. The predicted molar refractivity (Wildman–Crippen MR) is 143 cm³/mol. The Morgan fingerprint density at radius 3 is 2.07 bits per heavy atom. The maximum absolute atomic E-state index is 11.2. The van der Waals surface area contributed by atoms with Crippen LogP contribution in [-0.2, 0) is 23.7 Å². The topological polar surface area (TPSA) is 303 Å². The fourth-order valence-electron chi connectivity index (χ4n) is 6.49. The molecule has 0 aromatic rings. The highest BCUT2D eigenvalue weighted by Crippen LogP contribution is 2.38. The largest absolute Gasteiger partial charge is 0.394 e. The van der Waals surface area contributed by atoms with Gasteiger partial charge in [-0.25, -0.2) is 0 Å². The number of hydrogen-bond acceptors (Lipinski definition) is 16. The summed E-state index contributed by atoms with van der Waals surface area (Å²) in [5.74, 6) is -0.618. The molecule has 4 rings (SSSR count). The molecule has 3 heterocycles. The van der Waals surface area contributed by atoms with Crippen LogP contribution in [-0.4, -0.2) is 143 Å². The molecule has 17 N–H and O–H groups in total. The monoisotopic (exact) mass is 594 g/mol. The van der Waals surface area contributed by atoms with Gasteiger partial charge < -0.3 is 83.6 Å². The zero-order valence-corrected chi connectivity index (χ0v) is 23.4. The first-order valence-corrected chi connectivity index (χ1v) is 14.5. The molecule has 16 nitrogen and oxygen atoms in total. The smallest absolute Gasteiger partial charge is 0.187 e. The average Bonchev–Trinajstić information content (AvgIpc) is 3.25. The number of nitrogens with two attached hydrogens (primary N) is 6. The fourth-order valence-corrected chi connectivity index (χ4v) is 6.49. The Kier molecular flexibility index (Phi) is 11.3. The van der Waals surface area contributed by atoms with E-state index in [0.29, 0.717) is 19.3 Å². The molecule has 0 bridgehead atoms. The van der Waals surface area contributed by atoms with Crippen molar-refractivity contribution in [2.24, 2.45) is 40.3 Å². The van der Waals surface area contributed by atoms with Crippen molar-refractivity contribution >= 4 is 0 Å². The van der Waals surface area contributed by atoms with Crippen LogP contribution < -0.4 is 34.4 Å². The Hall–Kier alpha value is -0.640. The summed E-state index contributed by atoms with van der Waals surface area (Å²) in [5, 5.41) is 52.9. The quantitative estimate of drug-likeness (QED) is 0.118. The lowest BCUT2D eigenvalue weighted by atomic mass is 9.72. The Balaban J connectivity index is 1.52. The van der Waals surface area contributed by atoms with Gasteiger partial charge in [-0.3, -0.25) is 0 Å².